The van der Waals surface area contributed by atoms with Crippen LogP contribution < -0.4 is 4.74 Å². The van der Waals surface area contributed by atoms with Gasteiger partial charge in [0.25, 0.3) is 0 Å². The summed E-state index contributed by atoms with van der Waals surface area (Å²) in [5.41, 5.74) is 0.374. The second-order valence-corrected chi connectivity index (χ2v) is 4.47. The van der Waals surface area contributed by atoms with Gasteiger partial charge in [-0.05, 0) is 31.5 Å². The molecule has 0 amide bonds. The molecule has 92 valence electrons. The number of carboxylic acids is 1. The molecule has 0 aliphatic carbocycles. The third-order valence-corrected chi connectivity index (χ3v) is 2.73. The smallest absolute Gasteiger partial charge is 0.344 e. The van der Waals surface area contributed by atoms with Crippen LogP contribution in [0.15, 0.2) is 22.7 Å². The molecule has 0 spiro atoms. The molecule has 1 atom stereocenters. The maximum Gasteiger partial charge on any atom is 0.344 e. The fraction of sp³-hybridized carbons (Fsp3) is 0.333. The highest BCUT2D eigenvalue weighted by Crippen LogP contribution is 2.25. The lowest BCUT2D eigenvalue weighted by molar-refractivity contribution is -0.145. The summed E-state index contributed by atoms with van der Waals surface area (Å²) in [6.45, 7) is 3.13. The number of hydrogen-bond donors (Lipinski definition) is 1. The molecule has 17 heavy (non-hydrogen) atoms. The second kappa shape index (κ2) is 5.82. The minimum Gasteiger partial charge on any atom is -0.479 e. The number of carbonyl (C=O) groups is 2. The van der Waals surface area contributed by atoms with Gasteiger partial charge in [-0.15, -0.1) is 0 Å². The number of Topliss-reactive ketones (excluding diaryl/α,β-unsaturated/α-hetero) is 1. The molecule has 1 rings (SSSR count). The maximum absolute atomic E-state index is 11.4. The van der Waals surface area contributed by atoms with Crippen LogP contribution in [0.2, 0.25) is 0 Å². The third kappa shape index (κ3) is 3.56. The molecule has 1 aromatic carbocycles. The molecule has 0 heterocycles. The average Bonchev–Trinajstić information content (AvgIpc) is 2.26. The van der Waals surface area contributed by atoms with Crippen molar-refractivity contribution < 1.29 is 19.4 Å². The third-order valence-electron chi connectivity index (χ3n) is 2.24. The molecular weight excluding hydrogens is 288 g/mol. The molecule has 0 saturated carbocycles. The number of ether oxygens (including phenoxy) is 1. The van der Waals surface area contributed by atoms with Crippen molar-refractivity contribution >= 4 is 27.7 Å². The molecule has 0 radical (unpaired) electrons. The van der Waals surface area contributed by atoms with Crippen molar-refractivity contribution in [2.75, 3.05) is 0 Å². The fourth-order valence-corrected chi connectivity index (χ4v) is 1.70. The molecule has 4 nitrogen and oxygen atoms in total. The van der Waals surface area contributed by atoms with Crippen molar-refractivity contribution in [3.63, 3.8) is 0 Å². The van der Waals surface area contributed by atoms with Crippen molar-refractivity contribution in [2.45, 2.75) is 26.4 Å². The number of aliphatic carboxylic acids is 1. The molecule has 1 aromatic rings. The summed E-state index contributed by atoms with van der Waals surface area (Å²) >= 11 is 3.25. The Morgan fingerprint density at radius 3 is 2.59 bits per heavy atom. The predicted octanol–water partition coefficient (Wildman–Crippen LogP) is 2.89. The molecule has 0 saturated heterocycles. The Balaban J connectivity index is 3.05. The minimum absolute atomic E-state index is 0.165. The zero-order valence-corrected chi connectivity index (χ0v) is 11.2. The zero-order chi connectivity index (χ0) is 13.0. The van der Waals surface area contributed by atoms with Crippen molar-refractivity contribution in [3.05, 3.63) is 28.2 Å². The SMILES string of the molecule is CCC(Oc1ccc(Br)cc1C(C)=O)C(=O)O. The number of benzene rings is 1. The molecule has 0 aliphatic heterocycles. The Bertz CT molecular complexity index is 442. The van der Waals surface area contributed by atoms with E-state index in [9.17, 15) is 9.59 Å². The Morgan fingerprint density at radius 2 is 2.12 bits per heavy atom. The van der Waals surface area contributed by atoms with Gasteiger partial charge in [-0.1, -0.05) is 22.9 Å². The minimum atomic E-state index is -1.04. The first-order valence-electron chi connectivity index (χ1n) is 5.15. The number of carboxylic acid groups (broad SMARTS) is 1. The van der Waals surface area contributed by atoms with Crippen LogP contribution in [0.1, 0.15) is 30.6 Å². The Labute approximate surface area is 108 Å². The zero-order valence-electron chi connectivity index (χ0n) is 9.57. The van der Waals surface area contributed by atoms with Crippen LogP contribution in [0.25, 0.3) is 0 Å². The second-order valence-electron chi connectivity index (χ2n) is 3.55. The summed E-state index contributed by atoms with van der Waals surface area (Å²) in [5, 5.41) is 8.90. The van der Waals surface area contributed by atoms with E-state index in [1.54, 1.807) is 25.1 Å². The van der Waals surface area contributed by atoms with E-state index in [1.165, 1.54) is 6.92 Å². The molecule has 0 aliphatic rings. The first-order valence-corrected chi connectivity index (χ1v) is 5.95. The Hall–Kier alpha value is -1.36. The molecule has 1 N–H and O–H groups in total. The Kier molecular flexibility index (Phi) is 4.69. The fourth-order valence-electron chi connectivity index (χ4n) is 1.34. The van der Waals surface area contributed by atoms with E-state index in [1.807, 2.05) is 0 Å². The van der Waals surface area contributed by atoms with E-state index in [0.29, 0.717) is 17.7 Å². The van der Waals surface area contributed by atoms with E-state index in [-0.39, 0.29) is 5.78 Å². The number of hydrogen-bond acceptors (Lipinski definition) is 3. The summed E-state index contributed by atoms with van der Waals surface area (Å²) in [4.78, 5) is 22.3. The summed E-state index contributed by atoms with van der Waals surface area (Å²) in [6, 6.07) is 4.91. The van der Waals surface area contributed by atoms with Gasteiger partial charge < -0.3 is 9.84 Å². The lowest BCUT2D eigenvalue weighted by Crippen LogP contribution is -2.26. The summed E-state index contributed by atoms with van der Waals surface area (Å²) in [6.07, 6.45) is -0.600. The predicted molar refractivity (Wildman–Crippen MR) is 66.5 cm³/mol. The number of carbonyl (C=O) groups excluding carboxylic acids is 1. The summed E-state index contributed by atoms with van der Waals surface area (Å²) in [7, 11) is 0. The van der Waals surface area contributed by atoms with E-state index in [2.05, 4.69) is 15.9 Å². The van der Waals surface area contributed by atoms with Gasteiger partial charge in [-0.25, -0.2) is 4.79 Å². The maximum atomic E-state index is 11.4. The van der Waals surface area contributed by atoms with Gasteiger partial charge in [0.1, 0.15) is 5.75 Å². The molecule has 0 aromatic heterocycles. The lowest BCUT2D eigenvalue weighted by atomic mass is 10.1. The van der Waals surface area contributed by atoms with Gasteiger partial charge in [0.2, 0.25) is 0 Å². The molecule has 0 fully saturated rings. The van der Waals surface area contributed by atoms with Crippen LogP contribution >= 0.6 is 15.9 Å². The van der Waals surface area contributed by atoms with Crippen LogP contribution in [0, 0.1) is 0 Å². The van der Waals surface area contributed by atoms with E-state index in [0.717, 1.165) is 4.47 Å². The number of halogens is 1. The highest BCUT2D eigenvalue weighted by molar-refractivity contribution is 9.10. The van der Waals surface area contributed by atoms with Gasteiger partial charge in [0, 0.05) is 4.47 Å². The van der Waals surface area contributed by atoms with Crippen LogP contribution in [0.3, 0.4) is 0 Å². The normalized spacial score (nSPS) is 11.9. The summed E-state index contributed by atoms with van der Waals surface area (Å²) < 4.78 is 6.08. The first-order chi connectivity index (χ1) is 7.95. The van der Waals surface area contributed by atoms with Gasteiger partial charge in [0.05, 0.1) is 5.56 Å². The van der Waals surface area contributed by atoms with Gasteiger partial charge in [-0.2, -0.15) is 0 Å². The first kappa shape index (κ1) is 13.7. The van der Waals surface area contributed by atoms with Crippen LogP contribution in [0.4, 0.5) is 0 Å². The van der Waals surface area contributed by atoms with Crippen molar-refractivity contribution in [2.24, 2.45) is 0 Å². The molecule has 5 heteroatoms. The summed E-state index contributed by atoms with van der Waals surface area (Å²) in [5.74, 6) is -0.901. The number of ketones is 1. The molecule has 0 bridgehead atoms. The van der Waals surface area contributed by atoms with E-state index < -0.39 is 12.1 Å². The molecular formula is C12H13BrO4. The standard InChI is InChI=1S/C12H13BrO4/c1-3-10(12(15)16)17-11-5-4-8(13)6-9(11)7(2)14/h4-6,10H,3H2,1-2H3,(H,15,16). The van der Waals surface area contributed by atoms with E-state index >= 15 is 0 Å². The largest absolute Gasteiger partial charge is 0.479 e. The van der Waals surface area contributed by atoms with Crippen molar-refractivity contribution in [1.29, 1.82) is 0 Å². The van der Waals surface area contributed by atoms with Crippen molar-refractivity contribution in [3.8, 4) is 5.75 Å². The van der Waals surface area contributed by atoms with Gasteiger partial charge in [-0.3, -0.25) is 4.79 Å². The average molecular weight is 301 g/mol. The van der Waals surface area contributed by atoms with Crippen molar-refractivity contribution in [1.82, 2.24) is 0 Å². The Morgan fingerprint density at radius 1 is 1.47 bits per heavy atom. The number of rotatable bonds is 5. The van der Waals surface area contributed by atoms with Gasteiger partial charge in [0.15, 0.2) is 11.9 Å². The van der Waals surface area contributed by atoms with Crippen LogP contribution in [-0.4, -0.2) is 23.0 Å². The molecule has 1 unspecified atom stereocenters. The highest BCUT2D eigenvalue weighted by atomic mass is 79.9. The highest BCUT2D eigenvalue weighted by Gasteiger charge is 2.19. The van der Waals surface area contributed by atoms with E-state index in [4.69, 9.17) is 9.84 Å². The van der Waals surface area contributed by atoms with Crippen LogP contribution in [-0.2, 0) is 4.79 Å². The quantitative estimate of drug-likeness (QED) is 0.849. The monoisotopic (exact) mass is 300 g/mol. The van der Waals surface area contributed by atoms with Gasteiger partial charge >= 0.3 is 5.97 Å². The topological polar surface area (TPSA) is 63.6 Å². The lowest BCUT2D eigenvalue weighted by Gasteiger charge is -2.15. The van der Waals surface area contributed by atoms with Crippen LogP contribution in [0.5, 0.6) is 5.75 Å².